The summed E-state index contributed by atoms with van der Waals surface area (Å²) in [4.78, 5) is 16.5. The summed E-state index contributed by atoms with van der Waals surface area (Å²) in [5.74, 6) is -0.975. The van der Waals surface area contributed by atoms with Crippen molar-refractivity contribution in [3.8, 4) is 5.75 Å². The fourth-order valence-electron chi connectivity index (χ4n) is 2.39. The minimum Gasteiger partial charge on any atom is -0.433 e. The SMILES string of the molecule is CS(=O)(=O)c1nc(C(=O)Nc2ccccc2OC(F)F)c2ccccn12. The summed E-state index contributed by atoms with van der Waals surface area (Å²) in [6, 6.07) is 10.4. The Morgan fingerprint density at radius 1 is 1.19 bits per heavy atom. The highest BCUT2D eigenvalue weighted by molar-refractivity contribution is 7.90. The molecule has 0 aliphatic heterocycles. The summed E-state index contributed by atoms with van der Waals surface area (Å²) >= 11 is 0. The number of ether oxygens (including phenoxy) is 1. The van der Waals surface area contributed by atoms with Gasteiger partial charge in [0.05, 0.1) is 11.2 Å². The van der Waals surface area contributed by atoms with E-state index >= 15 is 0 Å². The summed E-state index contributed by atoms with van der Waals surface area (Å²) in [6.07, 6.45) is 2.44. The molecule has 10 heteroatoms. The Morgan fingerprint density at radius 2 is 1.88 bits per heavy atom. The van der Waals surface area contributed by atoms with Crippen LogP contribution < -0.4 is 10.1 Å². The zero-order valence-corrected chi connectivity index (χ0v) is 14.2. The molecule has 0 unspecified atom stereocenters. The van der Waals surface area contributed by atoms with E-state index in [0.717, 1.165) is 6.26 Å². The molecule has 0 aliphatic rings. The number of pyridine rings is 1. The lowest BCUT2D eigenvalue weighted by atomic mass is 10.2. The molecular weight excluding hydrogens is 368 g/mol. The smallest absolute Gasteiger partial charge is 0.387 e. The quantitative estimate of drug-likeness (QED) is 0.734. The largest absolute Gasteiger partial charge is 0.433 e. The first kappa shape index (κ1) is 17.8. The number of rotatable bonds is 5. The molecule has 0 radical (unpaired) electrons. The van der Waals surface area contributed by atoms with E-state index in [0.29, 0.717) is 0 Å². The van der Waals surface area contributed by atoms with Gasteiger partial charge in [-0.3, -0.25) is 9.20 Å². The zero-order chi connectivity index (χ0) is 18.9. The number of aromatic nitrogens is 2. The van der Waals surface area contributed by atoms with Gasteiger partial charge in [0.25, 0.3) is 5.91 Å². The van der Waals surface area contributed by atoms with Gasteiger partial charge in [-0.15, -0.1) is 0 Å². The van der Waals surface area contributed by atoms with Crippen LogP contribution in [0.4, 0.5) is 14.5 Å². The van der Waals surface area contributed by atoms with Crippen LogP contribution in [0.5, 0.6) is 5.75 Å². The van der Waals surface area contributed by atoms with Gasteiger partial charge in [0, 0.05) is 12.5 Å². The molecule has 1 N–H and O–H groups in total. The Kier molecular flexibility index (Phi) is 4.60. The normalized spacial score (nSPS) is 11.7. The number of carbonyl (C=O) groups is 1. The van der Waals surface area contributed by atoms with Gasteiger partial charge in [-0.05, 0) is 24.3 Å². The average Bonchev–Trinajstić information content (AvgIpc) is 2.96. The third kappa shape index (κ3) is 3.49. The molecule has 1 amide bonds. The predicted molar refractivity (Wildman–Crippen MR) is 89.3 cm³/mol. The summed E-state index contributed by atoms with van der Waals surface area (Å²) in [5.41, 5.74) is 0.117. The van der Waals surface area contributed by atoms with E-state index < -0.39 is 22.4 Å². The van der Waals surface area contributed by atoms with E-state index in [1.807, 2.05) is 0 Å². The third-order valence-corrected chi connectivity index (χ3v) is 4.37. The molecular formula is C16H13F2N3O4S. The van der Waals surface area contributed by atoms with Crippen molar-refractivity contribution in [3.63, 3.8) is 0 Å². The number of hydrogen-bond donors (Lipinski definition) is 1. The number of fused-ring (bicyclic) bond motifs is 1. The number of carbonyl (C=O) groups excluding carboxylic acids is 1. The molecule has 2 aromatic heterocycles. The summed E-state index contributed by atoms with van der Waals surface area (Å²) in [6.45, 7) is -3.06. The van der Waals surface area contributed by atoms with Gasteiger partial charge in [0.2, 0.25) is 15.0 Å². The highest BCUT2D eigenvalue weighted by Gasteiger charge is 2.23. The van der Waals surface area contributed by atoms with Gasteiger partial charge in [-0.2, -0.15) is 8.78 Å². The van der Waals surface area contributed by atoms with Gasteiger partial charge in [0.15, 0.2) is 5.69 Å². The van der Waals surface area contributed by atoms with Crippen molar-refractivity contribution in [1.82, 2.24) is 9.38 Å². The highest BCUT2D eigenvalue weighted by Crippen LogP contribution is 2.26. The molecule has 0 fully saturated rings. The van der Waals surface area contributed by atoms with E-state index in [1.165, 1.54) is 40.9 Å². The van der Waals surface area contributed by atoms with Crippen LogP contribution in [0.25, 0.3) is 5.52 Å². The number of nitrogens with zero attached hydrogens (tertiary/aromatic N) is 2. The maximum atomic E-state index is 12.6. The molecule has 2 heterocycles. The second-order valence-corrected chi connectivity index (χ2v) is 7.21. The number of halogens is 2. The summed E-state index contributed by atoms with van der Waals surface area (Å²) in [7, 11) is -3.69. The van der Waals surface area contributed by atoms with E-state index in [1.54, 1.807) is 12.1 Å². The topological polar surface area (TPSA) is 89.8 Å². The molecule has 3 aromatic rings. The summed E-state index contributed by atoms with van der Waals surface area (Å²) < 4.78 is 54.4. The molecule has 1 aromatic carbocycles. The number of para-hydroxylation sites is 2. The fraction of sp³-hybridized carbons (Fsp3) is 0.125. The minimum absolute atomic E-state index is 0.00999. The van der Waals surface area contributed by atoms with E-state index in [-0.39, 0.29) is 27.8 Å². The van der Waals surface area contributed by atoms with Crippen molar-refractivity contribution in [2.45, 2.75) is 11.8 Å². The standard InChI is InChI=1S/C16H13F2N3O4S/c1-26(23,24)16-20-13(11-7-4-5-9-21(11)16)14(22)19-10-6-2-3-8-12(10)25-15(17)18/h2-9,15H,1H3,(H,19,22). The Hall–Kier alpha value is -3.01. The first-order valence-corrected chi connectivity index (χ1v) is 9.19. The van der Waals surface area contributed by atoms with Crippen LogP contribution in [0.3, 0.4) is 0 Å². The van der Waals surface area contributed by atoms with Gasteiger partial charge in [-0.25, -0.2) is 13.4 Å². The number of imidazole rings is 1. The van der Waals surface area contributed by atoms with Gasteiger partial charge < -0.3 is 10.1 Å². The predicted octanol–water partition coefficient (Wildman–Crippen LogP) is 2.59. The van der Waals surface area contributed by atoms with Crippen molar-refractivity contribution in [1.29, 1.82) is 0 Å². The van der Waals surface area contributed by atoms with Crippen LogP contribution in [0.1, 0.15) is 10.5 Å². The first-order chi connectivity index (χ1) is 12.3. The first-order valence-electron chi connectivity index (χ1n) is 7.29. The maximum Gasteiger partial charge on any atom is 0.387 e. The monoisotopic (exact) mass is 381 g/mol. The van der Waals surface area contributed by atoms with Crippen molar-refractivity contribution >= 4 is 26.9 Å². The van der Waals surface area contributed by atoms with Crippen LogP contribution in [-0.2, 0) is 9.84 Å². The summed E-state index contributed by atoms with van der Waals surface area (Å²) in [5, 5.41) is 2.13. The Balaban J connectivity index is 2.02. The number of anilines is 1. The molecule has 0 saturated carbocycles. The van der Waals surface area contributed by atoms with E-state index in [4.69, 9.17) is 0 Å². The van der Waals surface area contributed by atoms with Crippen molar-refractivity contribution in [2.24, 2.45) is 0 Å². The van der Waals surface area contributed by atoms with Crippen molar-refractivity contribution in [2.75, 3.05) is 11.6 Å². The number of alkyl halides is 2. The second kappa shape index (κ2) is 6.71. The Bertz CT molecular complexity index is 1080. The number of sulfone groups is 1. The van der Waals surface area contributed by atoms with Crippen LogP contribution in [-0.4, -0.2) is 36.6 Å². The lowest BCUT2D eigenvalue weighted by Gasteiger charge is -2.11. The molecule has 0 atom stereocenters. The Labute approximate surface area is 147 Å². The molecule has 136 valence electrons. The van der Waals surface area contributed by atoms with E-state index in [2.05, 4.69) is 15.0 Å². The second-order valence-electron chi connectivity index (χ2n) is 5.30. The molecule has 0 bridgehead atoms. The number of hydrogen-bond acceptors (Lipinski definition) is 5. The van der Waals surface area contributed by atoms with Crippen LogP contribution in [0.15, 0.2) is 53.8 Å². The zero-order valence-electron chi connectivity index (χ0n) is 13.4. The third-order valence-electron chi connectivity index (χ3n) is 3.41. The van der Waals surface area contributed by atoms with Crippen LogP contribution in [0, 0.1) is 0 Å². The van der Waals surface area contributed by atoms with E-state index in [9.17, 15) is 22.0 Å². The number of nitrogens with one attached hydrogen (secondary N) is 1. The van der Waals surface area contributed by atoms with Crippen molar-refractivity contribution in [3.05, 3.63) is 54.4 Å². The number of amides is 1. The van der Waals surface area contributed by atoms with Crippen molar-refractivity contribution < 1.29 is 26.7 Å². The lowest BCUT2D eigenvalue weighted by Crippen LogP contribution is -2.15. The molecule has 0 spiro atoms. The fourth-order valence-corrected chi connectivity index (χ4v) is 3.16. The Morgan fingerprint density at radius 3 is 2.58 bits per heavy atom. The van der Waals surface area contributed by atoms with Gasteiger partial charge in [0.1, 0.15) is 5.75 Å². The molecule has 3 rings (SSSR count). The van der Waals surface area contributed by atoms with Gasteiger partial charge in [-0.1, -0.05) is 18.2 Å². The molecule has 26 heavy (non-hydrogen) atoms. The maximum absolute atomic E-state index is 12.6. The molecule has 0 saturated heterocycles. The minimum atomic E-state index is -3.69. The average molecular weight is 381 g/mol. The lowest BCUT2D eigenvalue weighted by molar-refractivity contribution is -0.0493. The van der Waals surface area contributed by atoms with Crippen LogP contribution in [0.2, 0.25) is 0 Å². The van der Waals surface area contributed by atoms with Crippen LogP contribution >= 0.6 is 0 Å². The number of benzene rings is 1. The van der Waals surface area contributed by atoms with Gasteiger partial charge >= 0.3 is 6.61 Å². The molecule has 0 aliphatic carbocycles. The highest BCUT2D eigenvalue weighted by atomic mass is 32.2. The molecule has 7 nitrogen and oxygen atoms in total.